The highest BCUT2D eigenvalue weighted by Gasteiger charge is 2.03. The predicted molar refractivity (Wildman–Crippen MR) is 62.5 cm³/mol. The third-order valence-electron chi connectivity index (χ3n) is 2.35. The van der Waals surface area contributed by atoms with E-state index < -0.39 is 0 Å². The Balaban J connectivity index is 2.37. The standard InChI is InChI=1S/C12H15N3/c1-9(2)15-8-11(7-14-15)10-4-3-5-12(13)6-10/h3-9H,13H2,1-2H3. The smallest absolute Gasteiger partial charge is 0.0568 e. The second kappa shape index (κ2) is 3.77. The van der Waals surface area contributed by atoms with Crippen LogP contribution < -0.4 is 5.73 Å². The Morgan fingerprint density at radius 1 is 1.27 bits per heavy atom. The summed E-state index contributed by atoms with van der Waals surface area (Å²) in [7, 11) is 0. The van der Waals surface area contributed by atoms with Crippen LogP contribution in [-0.2, 0) is 0 Å². The molecule has 0 aliphatic rings. The van der Waals surface area contributed by atoms with Crippen LogP contribution in [0.25, 0.3) is 11.1 Å². The maximum Gasteiger partial charge on any atom is 0.0568 e. The molecule has 0 spiro atoms. The summed E-state index contributed by atoms with van der Waals surface area (Å²) >= 11 is 0. The largest absolute Gasteiger partial charge is 0.399 e. The first-order valence-electron chi connectivity index (χ1n) is 5.07. The van der Waals surface area contributed by atoms with Gasteiger partial charge in [0.2, 0.25) is 0 Å². The number of anilines is 1. The molecule has 78 valence electrons. The summed E-state index contributed by atoms with van der Waals surface area (Å²) in [5, 5.41) is 4.30. The average Bonchev–Trinajstić information content (AvgIpc) is 2.66. The molecule has 1 aromatic heterocycles. The van der Waals surface area contributed by atoms with Crippen LogP contribution in [0.5, 0.6) is 0 Å². The van der Waals surface area contributed by atoms with Crippen LogP contribution >= 0.6 is 0 Å². The van der Waals surface area contributed by atoms with E-state index >= 15 is 0 Å². The van der Waals surface area contributed by atoms with E-state index in [4.69, 9.17) is 5.73 Å². The molecule has 3 nitrogen and oxygen atoms in total. The quantitative estimate of drug-likeness (QED) is 0.759. The molecule has 0 saturated carbocycles. The number of hydrogen-bond donors (Lipinski definition) is 1. The molecule has 1 heterocycles. The summed E-state index contributed by atoms with van der Waals surface area (Å²) in [4.78, 5) is 0. The predicted octanol–water partition coefficient (Wildman–Crippen LogP) is 2.71. The molecular formula is C12H15N3. The zero-order valence-corrected chi connectivity index (χ0v) is 9.01. The van der Waals surface area contributed by atoms with Crippen LogP contribution in [0.15, 0.2) is 36.7 Å². The number of nitrogens with zero attached hydrogens (tertiary/aromatic N) is 2. The van der Waals surface area contributed by atoms with Gasteiger partial charge in [-0.1, -0.05) is 12.1 Å². The Hall–Kier alpha value is -1.77. The summed E-state index contributed by atoms with van der Waals surface area (Å²) in [6, 6.07) is 8.23. The second-order valence-electron chi connectivity index (χ2n) is 3.93. The van der Waals surface area contributed by atoms with Crippen molar-refractivity contribution >= 4 is 5.69 Å². The fourth-order valence-corrected chi connectivity index (χ4v) is 1.49. The Kier molecular flexibility index (Phi) is 2.46. The maximum atomic E-state index is 5.74. The first-order valence-corrected chi connectivity index (χ1v) is 5.07. The summed E-state index contributed by atoms with van der Waals surface area (Å²) < 4.78 is 1.94. The van der Waals surface area contributed by atoms with Gasteiger partial charge >= 0.3 is 0 Å². The van der Waals surface area contributed by atoms with Crippen molar-refractivity contribution in [2.75, 3.05) is 5.73 Å². The third-order valence-corrected chi connectivity index (χ3v) is 2.35. The van der Waals surface area contributed by atoms with E-state index in [2.05, 4.69) is 18.9 Å². The molecule has 0 unspecified atom stereocenters. The number of nitrogen functional groups attached to an aromatic ring is 1. The normalized spacial score (nSPS) is 10.9. The molecular weight excluding hydrogens is 186 g/mol. The Labute approximate surface area is 89.5 Å². The molecule has 15 heavy (non-hydrogen) atoms. The molecule has 0 radical (unpaired) electrons. The molecule has 0 bridgehead atoms. The monoisotopic (exact) mass is 201 g/mol. The molecule has 0 atom stereocenters. The zero-order valence-electron chi connectivity index (χ0n) is 9.01. The fourth-order valence-electron chi connectivity index (χ4n) is 1.49. The van der Waals surface area contributed by atoms with Crippen molar-refractivity contribution in [3.63, 3.8) is 0 Å². The number of aromatic nitrogens is 2. The van der Waals surface area contributed by atoms with E-state index in [1.807, 2.05) is 41.3 Å². The van der Waals surface area contributed by atoms with Crippen LogP contribution in [0.1, 0.15) is 19.9 Å². The Morgan fingerprint density at radius 2 is 2.07 bits per heavy atom. The molecule has 1 aromatic carbocycles. The number of nitrogens with two attached hydrogens (primary N) is 1. The minimum atomic E-state index is 0.389. The highest BCUT2D eigenvalue weighted by molar-refractivity contribution is 5.65. The number of benzene rings is 1. The van der Waals surface area contributed by atoms with E-state index in [0.29, 0.717) is 6.04 Å². The van der Waals surface area contributed by atoms with Crippen LogP contribution in [0.2, 0.25) is 0 Å². The molecule has 0 aliphatic heterocycles. The zero-order chi connectivity index (χ0) is 10.8. The van der Waals surface area contributed by atoms with Gasteiger partial charge in [-0.2, -0.15) is 5.10 Å². The van der Waals surface area contributed by atoms with Crippen LogP contribution in [0.4, 0.5) is 5.69 Å². The fraction of sp³-hybridized carbons (Fsp3) is 0.250. The molecule has 0 amide bonds. The van der Waals surface area contributed by atoms with Crippen molar-refractivity contribution in [2.45, 2.75) is 19.9 Å². The van der Waals surface area contributed by atoms with Gasteiger partial charge in [-0.15, -0.1) is 0 Å². The van der Waals surface area contributed by atoms with Gasteiger partial charge in [0, 0.05) is 23.5 Å². The lowest BCUT2D eigenvalue weighted by Crippen LogP contribution is -1.99. The van der Waals surface area contributed by atoms with E-state index in [1.54, 1.807) is 0 Å². The van der Waals surface area contributed by atoms with Crippen LogP contribution in [-0.4, -0.2) is 9.78 Å². The van der Waals surface area contributed by atoms with Crippen molar-refractivity contribution in [3.8, 4) is 11.1 Å². The highest BCUT2D eigenvalue weighted by atomic mass is 15.3. The lowest BCUT2D eigenvalue weighted by molar-refractivity contribution is 0.532. The Morgan fingerprint density at radius 3 is 2.67 bits per heavy atom. The maximum absolute atomic E-state index is 5.74. The van der Waals surface area contributed by atoms with Gasteiger partial charge in [-0.05, 0) is 31.5 Å². The first kappa shape index (κ1) is 9.77. The van der Waals surface area contributed by atoms with Crippen LogP contribution in [0, 0.1) is 0 Å². The van der Waals surface area contributed by atoms with Gasteiger partial charge in [-0.3, -0.25) is 4.68 Å². The van der Waals surface area contributed by atoms with Gasteiger partial charge in [-0.25, -0.2) is 0 Å². The van der Waals surface area contributed by atoms with Gasteiger partial charge in [0.05, 0.1) is 6.20 Å². The number of hydrogen-bond acceptors (Lipinski definition) is 2. The topological polar surface area (TPSA) is 43.8 Å². The van der Waals surface area contributed by atoms with Crippen molar-refractivity contribution in [1.82, 2.24) is 9.78 Å². The molecule has 3 heteroatoms. The molecule has 0 aliphatic carbocycles. The van der Waals surface area contributed by atoms with Gasteiger partial charge < -0.3 is 5.73 Å². The minimum Gasteiger partial charge on any atom is -0.399 e. The van der Waals surface area contributed by atoms with Crippen molar-refractivity contribution < 1.29 is 0 Å². The average molecular weight is 201 g/mol. The van der Waals surface area contributed by atoms with E-state index in [-0.39, 0.29) is 0 Å². The highest BCUT2D eigenvalue weighted by Crippen LogP contribution is 2.21. The molecule has 0 fully saturated rings. The minimum absolute atomic E-state index is 0.389. The number of rotatable bonds is 2. The lowest BCUT2D eigenvalue weighted by Gasteiger charge is -2.03. The van der Waals surface area contributed by atoms with Gasteiger partial charge in [0.25, 0.3) is 0 Å². The summed E-state index contributed by atoms with van der Waals surface area (Å²) in [5.41, 5.74) is 8.74. The van der Waals surface area contributed by atoms with E-state index in [1.165, 1.54) is 0 Å². The summed E-state index contributed by atoms with van der Waals surface area (Å²) in [6.45, 7) is 4.21. The van der Waals surface area contributed by atoms with Gasteiger partial charge in [0.1, 0.15) is 0 Å². The lowest BCUT2D eigenvalue weighted by atomic mass is 10.1. The Bertz CT molecular complexity index is 457. The molecule has 2 aromatic rings. The van der Waals surface area contributed by atoms with Crippen molar-refractivity contribution in [1.29, 1.82) is 0 Å². The van der Waals surface area contributed by atoms with Crippen molar-refractivity contribution in [2.24, 2.45) is 0 Å². The second-order valence-corrected chi connectivity index (χ2v) is 3.93. The van der Waals surface area contributed by atoms with E-state index in [9.17, 15) is 0 Å². The molecule has 0 saturated heterocycles. The van der Waals surface area contributed by atoms with E-state index in [0.717, 1.165) is 16.8 Å². The van der Waals surface area contributed by atoms with Crippen molar-refractivity contribution in [3.05, 3.63) is 36.7 Å². The molecule has 2 N–H and O–H groups in total. The van der Waals surface area contributed by atoms with Gasteiger partial charge in [0.15, 0.2) is 0 Å². The summed E-state index contributed by atoms with van der Waals surface area (Å²) in [6.07, 6.45) is 3.91. The third kappa shape index (κ3) is 2.01. The molecule has 2 rings (SSSR count). The SMILES string of the molecule is CC(C)n1cc(-c2cccc(N)c2)cn1. The first-order chi connectivity index (χ1) is 7.16. The van der Waals surface area contributed by atoms with Crippen LogP contribution in [0.3, 0.4) is 0 Å². The summed E-state index contributed by atoms with van der Waals surface area (Å²) in [5.74, 6) is 0.